The lowest BCUT2D eigenvalue weighted by Crippen LogP contribution is -2.47. The third-order valence-electron chi connectivity index (χ3n) is 4.85. The number of benzene rings is 1. The lowest BCUT2D eigenvalue weighted by Gasteiger charge is -2.42. The van der Waals surface area contributed by atoms with Crippen LogP contribution in [0.15, 0.2) is 0 Å². The van der Waals surface area contributed by atoms with Gasteiger partial charge in [0.2, 0.25) is 5.82 Å². The third-order valence-corrected chi connectivity index (χ3v) is 5.42. The van der Waals surface area contributed by atoms with Gasteiger partial charge in [0, 0.05) is 24.7 Å². The summed E-state index contributed by atoms with van der Waals surface area (Å²) < 4.78 is 85.1. The van der Waals surface area contributed by atoms with Gasteiger partial charge < -0.3 is 13.9 Å². The van der Waals surface area contributed by atoms with Crippen molar-refractivity contribution in [2.75, 3.05) is 13.2 Å². The first-order chi connectivity index (χ1) is 12.3. The number of ether oxygens (including phenoxy) is 2. The van der Waals surface area contributed by atoms with E-state index in [0.717, 1.165) is 0 Å². The summed E-state index contributed by atoms with van der Waals surface area (Å²) in [5, 5.41) is 0. The van der Waals surface area contributed by atoms with Gasteiger partial charge >= 0.3 is 0 Å². The van der Waals surface area contributed by atoms with Crippen LogP contribution in [0.1, 0.15) is 51.0 Å². The van der Waals surface area contributed by atoms with Gasteiger partial charge in [-0.2, -0.15) is 0 Å². The molecule has 1 aliphatic carbocycles. The van der Waals surface area contributed by atoms with Gasteiger partial charge in [-0.15, -0.1) is 0 Å². The van der Waals surface area contributed by atoms with Gasteiger partial charge in [-0.3, -0.25) is 0 Å². The lowest BCUT2D eigenvalue weighted by atomic mass is 9.77. The van der Waals surface area contributed by atoms with E-state index in [4.69, 9.17) is 13.9 Å². The van der Waals surface area contributed by atoms with E-state index in [0.29, 0.717) is 36.5 Å². The molecule has 2 rings (SSSR count). The Labute approximate surface area is 152 Å². The molecule has 26 heavy (non-hydrogen) atoms. The monoisotopic (exact) mass is 398 g/mol. The number of halogens is 5. The van der Waals surface area contributed by atoms with Crippen LogP contribution < -0.4 is 0 Å². The topological polar surface area (TPSA) is 27.7 Å². The molecule has 0 bridgehead atoms. The first-order valence-electron chi connectivity index (χ1n) is 8.67. The van der Waals surface area contributed by atoms with Crippen LogP contribution in [0.3, 0.4) is 0 Å². The van der Waals surface area contributed by atoms with Crippen molar-refractivity contribution in [1.82, 2.24) is 0 Å². The summed E-state index contributed by atoms with van der Waals surface area (Å²) in [7, 11) is 0.361. The zero-order chi connectivity index (χ0) is 19.5. The zero-order valence-corrected chi connectivity index (χ0v) is 17.0. The molecule has 0 unspecified atom stereocenters. The fourth-order valence-corrected chi connectivity index (χ4v) is 4.25. The van der Waals surface area contributed by atoms with Crippen LogP contribution >= 0.6 is 0 Å². The molecule has 0 amide bonds. The highest BCUT2D eigenvalue weighted by Crippen LogP contribution is 2.44. The van der Waals surface area contributed by atoms with E-state index in [1.165, 1.54) is 0 Å². The Balaban J connectivity index is 2.23. The summed E-state index contributed by atoms with van der Waals surface area (Å²) in [5.41, 5.74) is -0.731. The van der Waals surface area contributed by atoms with Gasteiger partial charge in [0.15, 0.2) is 33.8 Å². The van der Waals surface area contributed by atoms with E-state index >= 15 is 0 Å². The van der Waals surface area contributed by atoms with E-state index in [2.05, 4.69) is 0 Å². The summed E-state index contributed by atoms with van der Waals surface area (Å²) in [6, 6.07) is 0. The highest BCUT2D eigenvalue weighted by atomic mass is 28.2. The SMILES string of the molecule is CCOC(O[SiH3])(OCC)C1CCC(c2c(F)c(F)c(F)c(F)c2F)CC1. The molecule has 0 atom stereocenters. The number of hydrogen-bond acceptors (Lipinski definition) is 3. The molecular formula is C17H23F5O3Si. The molecule has 1 aromatic carbocycles. The Morgan fingerprint density at radius 2 is 1.23 bits per heavy atom. The van der Waals surface area contributed by atoms with Crippen LogP contribution in [0.4, 0.5) is 22.0 Å². The molecule has 0 spiro atoms. The standard InChI is InChI=1S/C17H23F5O3Si/c1-3-23-17(25-26,24-4-2)10-7-5-9(6-8-10)11-12(18)14(20)16(22)15(21)13(11)19/h9-10H,3-8H2,1-2,26H3. The van der Waals surface area contributed by atoms with Crippen molar-refractivity contribution in [3.05, 3.63) is 34.6 Å². The second kappa shape index (κ2) is 8.77. The van der Waals surface area contributed by atoms with Crippen molar-refractivity contribution in [1.29, 1.82) is 0 Å². The summed E-state index contributed by atoms with van der Waals surface area (Å²) in [5.74, 6) is -11.6. The number of hydrogen-bond donors (Lipinski definition) is 0. The molecule has 9 heteroatoms. The Hall–Kier alpha value is -1.03. The first-order valence-corrected chi connectivity index (χ1v) is 9.48. The van der Waals surface area contributed by atoms with Gasteiger partial charge in [-0.1, -0.05) is 0 Å². The van der Waals surface area contributed by atoms with Gasteiger partial charge in [0.05, 0.1) is 0 Å². The molecule has 1 aliphatic rings. The normalized spacial score (nSPS) is 21.3. The summed E-state index contributed by atoms with van der Waals surface area (Å²) in [4.78, 5) is 0. The van der Waals surface area contributed by atoms with Crippen LogP contribution in [0.25, 0.3) is 0 Å². The Morgan fingerprint density at radius 1 is 0.808 bits per heavy atom. The second-order valence-corrected chi connectivity index (χ2v) is 6.61. The predicted molar refractivity (Wildman–Crippen MR) is 87.9 cm³/mol. The molecule has 0 saturated heterocycles. The molecule has 0 aliphatic heterocycles. The van der Waals surface area contributed by atoms with Crippen LogP contribution in [0, 0.1) is 35.0 Å². The van der Waals surface area contributed by atoms with Crippen molar-refractivity contribution in [3.63, 3.8) is 0 Å². The van der Waals surface area contributed by atoms with Crippen LogP contribution in [0.5, 0.6) is 0 Å². The maximum Gasteiger partial charge on any atom is 0.275 e. The average Bonchev–Trinajstić information content (AvgIpc) is 2.65. The molecule has 148 valence electrons. The van der Waals surface area contributed by atoms with Crippen molar-refractivity contribution >= 4 is 10.5 Å². The number of rotatable bonds is 7. The van der Waals surface area contributed by atoms with Crippen LogP contribution in [0.2, 0.25) is 0 Å². The predicted octanol–water partition coefficient (Wildman–Crippen LogP) is 3.68. The molecule has 1 fully saturated rings. The summed E-state index contributed by atoms with van der Waals surface area (Å²) in [6.45, 7) is 4.32. The molecule has 1 saturated carbocycles. The van der Waals surface area contributed by atoms with Crippen molar-refractivity contribution in [3.8, 4) is 0 Å². The highest BCUT2D eigenvalue weighted by molar-refractivity contribution is 5.98. The fourth-order valence-electron chi connectivity index (χ4n) is 3.68. The lowest BCUT2D eigenvalue weighted by molar-refractivity contribution is -0.370. The molecule has 0 aromatic heterocycles. The first kappa shape index (κ1) is 21.3. The summed E-state index contributed by atoms with van der Waals surface area (Å²) >= 11 is 0. The largest absolute Gasteiger partial charge is 0.380 e. The fraction of sp³-hybridized carbons (Fsp3) is 0.647. The van der Waals surface area contributed by atoms with Crippen molar-refractivity contribution < 1.29 is 35.9 Å². The minimum Gasteiger partial charge on any atom is -0.380 e. The molecular weight excluding hydrogens is 375 g/mol. The molecule has 0 radical (unpaired) electrons. The minimum atomic E-state index is -2.13. The average molecular weight is 398 g/mol. The van der Waals surface area contributed by atoms with Crippen LogP contribution in [-0.2, 0) is 13.9 Å². The Morgan fingerprint density at radius 3 is 1.62 bits per heavy atom. The summed E-state index contributed by atoms with van der Waals surface area (Å²) in [6.07, 6.45) is 1.34. The molecule has 0 N–H and O–H groups in total. The van der Waals surface area contributed by atoms with E-state index < -0.39 is 46.5 Å². The maximum absolute atomic E-state index is 14.0. The van der Waals surface area contributed by atoms with Gasteiger partial charge in [-0.05, 0) is 45.4 Å². The van der Waals surface area contributed by atoms with Crippen LogP contribution in [-0.4, -0.2) is 29.7 Å². The second-order valence-electron chi connectivity index (χ2n) is 6.21. The maximum atomic E-state index is 14.0. The van der Waals surface area contributed by atoms with Gasteiger partial charge in [0.25, 0.3) is 5.97 Å². The van der Waals surface area contributed by atoms with Crippen molar-refractivity contribution in [2.24, 2.45) is 5.92 Å². The van der Waals surface area contributed by atoms with E-state index in [9.17, 15) is 22.0 Å². The molecule has 3 nitrogen and oxygen atoms in total. The molecule has 1 aromatic rings. The van der Waals surface area contributed by atoms with E-state index in [-0.39, 0.29) is 18.8 Å². The van der Waals surface area contributed by atoms with Gasteiger partial charge in [0.1, 0.15) is 0 Å². The Bertz CT molecular complexity index is 600. The quantitative estimate of drug-likeness (QED) is 0.231. The Kier molecular flexibility index (Phi) is 7.17. The van der Waals surface area contributed by atoms with E-state index in [1.54, 1.807) is 13.8 Å². The minimum absolute atomic E-state index is 0.183. The van der Waals surface area contributed by atoms with Gasteiger partial charge in [-0.25, -0.2) is 22.0 Å². The third kappa shape index (κ3) is 3.81. The zero-order valence-electron chi connectivity index (χ0n) is 15.0. The van der Waals surface area contributed by atoms with E-state index in [1.807, 2.05) is 0 Å². The highest BCUT2D eigenvalue weighted by Gasteiger charge is 2.44. The molecule has 0 heterocycles. The smallest absolute Gasteiger partial charge is 0.275 e. The van der Waals surface area contributed by atoms with Crippen molar-refractivity contribution in [2.45, 2.75) is 51.4 Å².